The smallest absolute Gasteiger partial charge is 0.280 e. The van der Waals surface area contributed by atoms with E-state index in [1.807, 2.05) is 0 Å². The quantitative estimate of drug-likeness (QED) is 0.648. The summed E-state index contributed by atoms with van der Waals surface area (Å²) < 4.78 is 53.5. The molecule has 2 aromatic carbocycles. The first-order chi connectivity index (χ1) is 13.6. The zero-order chi connectivity index (χ0) is 21.2. The molecular formula is C17H17N3O6S3. The fraction of sp³-hybridized carbons (Fsp3) is 0.176. The summed E-state index contributed by atoms with van der Waals surface area (Å²) in [5.41, 5.74) is 0.920. The minimum atomic E-state index is -4.02. The van der Waals surface area contributed by atoms with Crippen molar-refractivity contribution < 1.29 is 26.4 Å². The van der Waals surface area contributed by atoms with Crippen molar-refractivity contribution in [3.8, 4) is 0 Å². The Morgan fingerprint density at radius 2 is 1.59 bits per heavy atom. The molecule has 0 bridgehead atoms. The van der Waals surface area contributed by atoms with E-state index in [-0.39, 0.29) is 38.9 Å². The molecule has 2 N–H and O–H groups in total. The molecular weight excluding hydrogens is 438 g/mol. The van der Waals surface area contributed by atoms with E-state index in [1.165, 1.54) is 37.4 Å². The lowest BCUT2D eigenvalue weighted by atomic mass is 10.2. The van der Waals surface area contributed by atoms with Crippen LogP contribution in [0.5, 0.6) is 0 Å². The zero-order valence-corrected chi connectivity index (χ0v) is 17.6. The minimum Gasteiger partial charge on any atom is -0.280 e. The number of anilines is 1. The van der Waals surface area contributed by atoms with Gasteiger partial charge in [-0.2, -0.15) is 0 Å². The van der Waals surface area contributed by atoms with Crippen LogP contribution in [0.2, 0.25) is 0 Å². The highest BCUT2D eigenvalue weighted by Gasteiger charge is 2.29. The number of carbonyl (C=O) groups excluding carboxylic acids is 2. The van der Waals surface area contributed by atoms with Gasteiger partial charge in [0.05, 0.1) is 22.1 Å². The SMILES string of the molecule is CNS(=O)(=O)c1cccc(S(=O)(=O)Nc2ccc(CN3C(=O)CSC3=O)cc2)c1. The molecule has 0 radical (unpaired) electrons. The summed E-state index contributed by atoms with van der Waals surface area (Å²) in [5.74, 6) is -0.139. The molecule has 154 valence electrons. The fourth-order valence-corrected chi connectivity index (χ4v) is 5.21. The van der Waals surface area contributed by atoms with Gasteiger partial charge in [0.15, 0.2) is 0 Å². The second kappa shape index (κ2) is 8.14. The van der Waals surface area contributed by atoms with Gasteiger partial charge in [-0.1, -0.05) is 30.0 Å². The van der Waals surface area contributed by atoms with Crippen LogP contribution in [0.3, 0.4) is 0 Å². The van der Waals surface area contributed by atoms with Crippen molar-refractivity contribution in [1.82, 2.24) is 9.62 Å². The molecule has 2 aromatic rings. The lowest BCUT2D eigenvalue weighted by molar-refractivity contribution is -0.125. The van der Waals surface area contributed by atoms with E-state index >= 15 is 0 Å². The summed E-state index contributed by atoms with van der Waals surface area (Å²) in [6.45, 7) is 0.113. The van der Waals surface area contributed by atoms with Crippen LogP contribution in [-0.2, 0) is 31.4 Å². The molecule has 3 rings (SSSR count). The number of thioether (sulfide) groups is 1. The molecule has 0 aliphatic carbocycles. The summed E-state index contributed by atoms with van der Waals surface area (Å²) in [4.78, 5) is 24.1. The van der Waals surface area contributed by atoms with E-state index < -0.39 is 20.0 Å². The fourth-order valence-electron chi connectivity index (χ4n) is 2.54. The molecule has 0 saturated carbocycles. The maximum Gasteiger partial charge on any atom is 0.289 e. The van der Waals surface area contributed by atoms with E-state index in [2.05, 4.69) is 9.44 Å². The molecule has 1 aliphatic heterocycles. The molecule has 1 fully saturated rings. The molecule has 12 heteroatoms. The zero-order valence-electron chi connectivity index (χ0n) is 15.2. The van der Waals surface area contributed by atoms with Crippen LogP contribution in [0.4, 0.5) is 10.5 Å². The summed E-state index contributed by atoms with van der Waals surface area (Å²) >= 11 is 0.944. The number of amides is 2. The van der Waals surface area contributed by atoms with Crippen molar-refractivity contribution in [3.63, 3.8) is 0 Å². The Labute approximate surface area is 172 Å². The molecule has 0 unspecified atom stereocenters. The van der Waals surface area contributed by atoms with Crippen LogP contribution < -0.4 is 9.44 Å². The van der Waals surface area contributed by atoms with Crippen molar-refractivity contribution in [3.05, 3.63) is 54.1 Å². The van der Waals surface area contributed by atoms with Crippen molar-refractivity contribution in [1.29, 1.82) is 0 Å². The Morgan fingerprint density at radius 1 is 0.966 bits per heavy atom. The average molecular weight is 456 g/mol. The van der Waals surface area contributed by atoms with E-state index in [4.69, 9.17) is 0 Å². The van der Waals surface area contributed by atoms with Crippen LogP contribution in [0, 0.1) is 0 Å². The van der Waals surface area contributed by atoms with Crippen LogP contribution in [0.1, 0.15) is 5.56 Å². The summed E-state index contributed by atoms with van der Waals surface area (Å²) in [6.07, 6.45) is 0. The van der Waals surface area contributed by atoms with E-state index in [0.29, 0.717) is 5.56 Å². The molecule has 2 amide bonds. The van der Waals surface area contributed by atoms with Gasteiger partial charge in [0.2, 0.25) is 15.9 Å². The number of rotatable bonds is 7. The monoisotopic (exact) mass is 455 g/mol. The molecule has 1 aliphatic rings. The van der Waals surface area contributed by atoms with E-state index in [9.17, 15) is 26.4 Å². The van der Waals surface area contributed by atoms with Gasteiger partial charge in [0.1, 0.15) is 0 Å². The first kappa shape index (κ1) is 21.3. The first-order valence-electron chi connectivity index (χ1n) is 8.25. The highest BCUT2D eigenvalue weighted by molar-refractivity contribution is 8.14. The Morgan fingerprint density at radius 3 is 2.14 bits per heavy atom. The Kier molecular flexibility index (Phi) is 5.98. The normalized spacial score (nSPS) is 15.0. The molecule has 0 aromatic heterocycles. The van der Waals surface area contributed by atoms with E-state index in [0.717, 1.165) is 22.7 Å². The minimum absolute atomic E-state index is 0.113. The first-order valence-corrected chi connectivity index (χ1v) is 12.2. The number of nitrogens with zero attached hydrogens (tertiary/aromatic N) is 1. The third kappa shape index (κ3) is 4.78. The van der Waals surface area contributed by atoms with Crippen LogP contribution >= 0.6 is 11.8 Å². The summed E-state index contributed by atoms with van der Waals surface area (Å²) in [6, 6.07) is 11.2. The third-order valence-corrected chi connectivity index (χ3v) is 7.73. The third-order valence-electron chi connectivity index (χ3n) is 4.08. The molecule has 1 saturated heterocycles. The van der Waals surface area contributed by atoms with Crippen molar-refractivity contribution in [2.45, 2.75) is 16.3 Å². The van der Waals surface area contributed by atoms with Gasteiger partial charge in [-0.15, -0.1) is 0 Å². The number of hydrogen-bond acceptors (Lipinski definition) is 7. The number of sulfonamides is 2. The molecule has 29 heavy (non-hydrogen) atoms. The molecule has 1 heterocycles. The Hall–Kier alpha value is -2.41. The maximum absolute atomic E-state index is 12.6. The Bertz CT molecular complexity index is 1150. The predicted molar refractivity (Wildman–Crippen MR) is 108 cm³/mol. The largest absolute Gasteiger partial charge is 0.289 e. The second-order valence-corrected chi connectivity index (χ2v) is 10.5. The number of benzene rings is 2. The molecule has 0 atom stereocenters. The van der Waals surface area contributed by atoms with Crippen LogP contribution in [-0.4, -0.2) is 45.7 Å². The highest BCUT2D eigenvalue weighted by atomic mass is 32.2. The van der Waals surface area contributed by atoms with Gasteiger partial charge in [-0.25, -0.2) is 21.6 Å². The number of carbonyl (C=O) groups is 2. The lowest BCUT2D eigenvalue weighted by Crippen LogP contribution is -2.27. The van der Waals surface area contributed by atoms with Crippen molar-refractivity contribution in [2.24, 2.45) is 0 Å². The molecule has 9 nitrogen and oxygen atoms in total. The highest BCUT2D eigenvalue weighted by Crippen LogP contribution is 2.23. The van der Waals surface area contributed by atoms with Gasteiger partial charge in [0, 0.05) is 5.69 Å². The van der Waals surface area contributed by atoms with Crippen molar-refractivity contribution >= 4 is 48.6 Å². The lowest BCUT2D eigenvalue weighted by Gasteiger charge is -2.13. The summed E-state index contributed by atoms with van der Waals surface area (Å²) in [7, 11) is -6.57. The second-order valence-electron chi connectivity index (χ2n) is 6.02. The number of hydrogen-bond donors (Lipinski definition) is 2. The molecule has 0 spiro atoms. The van der Waals surface area contributed by atoms with Gasteiger partial charge >= 0.3 is 0 Å². The van der Waals surface area contributed by atoms with Crippen LogP contribution in [0.15, 0.2) is 58.3 Å². The van der Waals surface area contributed by atoms with Gasteiger partial charge < -0.3 is 0 Å². The predicted octanol–water partition coefficient (Wildman–Crippen LogP) is 1.59. The van der Waals surface area contributed by atoms with Gasteiger partial charge in [0.25, 0.3) is 15.3 Å². The topological polar surface area (TPSA) is 130 Å². The van der Waals surface area contributed by atoms with E-state index in [1.54, 1.807) is 12.1 Å². The van der Waals surface area contributed by atoms with Crippen molar-refractivity contribution in [2.75, 3.05) is 17.5 Å². The standard InChI is InChI=1S/C17H17N3O6S3/c1-18-28(23,24)14-3-2-4-15(9-14)29(25,26)19-13-7-5-12(6-8-13)10-20-16(21)11-27-17(20)22/h2-9,18-19H,10-11H2,1H3. The number of nitrogens with one attached hydrogen (secondary N) is 2. The van der Waals surface area contributed by atoms with Gasteiger partial charge in [-0.05, 0) is 42.9 Å². The number of imide groups is 1. The van der Waals surface area contributed by atoms with Gasteiger partial charge in [-0.3, -0.25) is 19.2 Å². The average Bonchev–Trinajstić information content (AvgIpc) is 3.01. The van der Waals surface area contributed by atoms with Crippen LogP contribution in [0.25, 0.3) is 0 Å². The Balaban J connectivity index is 1.76. The maximum atomic E-state index is 12.6. The summed E-state index contributed by atoms with van der Waals surface area (Å²) in [5, 5.41) is -0.309.